The summed E-state index contributed by atoms with van der Waals surface area (Å²) in [4.78, 5) is 14.1. The molecule has 2 aliphatic rings. The Labute approximate surface area is 112 Å². The van der Waals surface area contributed by atoms with Crippen molar-refractivity contribution in [1.82, 2.24) is 4.90 Å². The fourth-order valence-corrected chi connectivity index (χ4v) is 4.89. The van der Waals surface area contributed by atoms with Gasteiger partial charge >= 0.3 is 0 Å². The van der Waals surface area contributed by atoms with Crippen molar-refractivity contribution in [2.45, 2.75) is 17.7 Å². The summed E-state index contributed by atoms with van der Waals surface area (Å²) in [5, 5.41) is -0.368. The van der Waals surface area contributed by atoms with Crippen LogP contribution in [0.4, 0.5) is 0 Å². The fraction of sp³-hybridized carbons (Fsp3) is 0.462. The number of rotatable bonds is 2. The number of ether oxygens (including phenoxy) is 1. The molecule has 0 radical (unpaired) electrons. The van der Waals surface area contributed by atoms with Crippen molar-refractivity contribution in [2.75, 3.05) is 19.4 Å². The van der Waals surface area contributed by atoms with E-state index in [9.17, 15) is 13.2 Å². The quantitative estimate of drug-likeness (QED) is 0.801. The Morgan fingerprint density at radius 1 is 1.42 bits per heavy atom. The molecule has 6 heteroatoms. The number of methoxy groups -OCH3 is 1. The van der Waals surface area contributed by atoms with E-state index in [1.807, 2.05) is 0 Å². The van der Waals surface area contributed by atoms with Gasteiger partial charge in [0.25, 0.3) is 5.91 Å². The number of likely N-dealkylation sites (tertiary alicyclic amines) is 1. The fourth-order valence-electron chi connectivity index (χ4n) is 2.87. The first-order valence-electron chi connectivity index (χ1n) is 6.18. The predicted molar refractivity (Wildman–Crippen MR) is 70.0 cm³/mol. The molecule has 1 aromatic rings. The molecule has 1 amide bonds. The van der Waals surface area contributed by atoms with Gasteiger partial charge in [0.2, 0.25) is 0 Å². The molecule has 0 spiro atoms. The molecule has 0 saturated carbocycles. The summed E-state index contributed by atoms with van der Waals surface area (Å²) in [6, 6.07) is 6.79. The molecule has 2 aliphatic heterocycles. The third kappa shape index (κ3) is 2.00. The summed E-state index contributed by atoms with van der Waals surface area (Å²) in [6.45, 7) is 0.322. The minimum atomic E-state index is -2.97. The van der Waals surface area contributed by atoms with Crippen molar-refractivity contribution in [2.24, 2.45) is 0 Å². The number of amides is 1. The third-order valence-electron chi connectivity index (χ3n) is 3.89. The number of fused-ring (bicyclic) bond motifs is 2. The van der Waals surface area contributed by atoms with Gasteiger partial charge in [-0.1, -0.05) is 6.07 Å². The Kier molecular flexibility index (Phi) is 2.78. The summed E-state index contributed by atoms with van der Waals surface area (Å²) >= 11 is 0. The molecule has 2 saturated heterocycles. The molecule has 19 heavy (non-hydrogen) atoms. The maximum atomic E-state index is 12.4. The van der Waals surface area contributed by atoms with E-state index in [0.29, 0.717) is 24.3 Å². The largest absolute Gasteiger partial charge is 0.497 e. The van der Waals surface area contributed by atoms with E-state index in [4.69, 9.17) is 4.74 Å². The number of sulfone groups is 1. The second kappa shape index (κ2) is 4.23. The third-order valence-corrected chi connectivity index (χ3v) is 6.09. The van der Waals surface area contributed by atoms with Crippen molar-refractivity contribution in [3.63, 3.8) is 0 Å². The van der Waals surface area contributed by atoms with Crippen LogP contribution >= 0.6 is 0 Å². The number of hydrogen-bond donors (Lipinski definition) is 0. The second-order valence-corrected chi connectivity index (χ2v) is 7.36. The minimum Gasteiger partial charge on any atom is -0.497 e. The molecule has 2 bridgehead atoms. The smallest absolute Gasteiger partial charge is 0.254 e. The van der Waals surface area contributed by atoms with Gasteiger partial charge in [0, 0.05) is 18.2 Å². The SMILES string of the molecule is COc1cccc(C(=O)N2CC3CC2CS3(=O)=O)c1. The van der Waals surface area contributed by atoms with Gasteiger partial charge < -0.3 is 9.64 Å². The van der Waals surface area contributed by atoms with Crippen molar-refractivity contribution in [1.29, 1.82) is 0 Å². The maximum absolute atomic E-state index is 12.4. The number of benzene rings is 1. The van der Waals surface area contributed by atoms with E-state index in [0.717, 1.165) is 0 Å². The number of carbonyl (C=O) groups is 1. The van der Waals surface area contributed by atoms with Crippen LogP contribution in [0.25, 0.3) is 0 Å². The zero-order valence-corrected chi connectivity index (χ0v) is 11.4. The Bertz CT molecular complexity index is 625. The Hall–Kier alpha value is -1.56. The maximum Gasteiger partial charge on any atom is 0.254 e. The van der Waals surface area contributed by atoms with E-state index in [1.54, 1.807) is 36.3 Å². The highest BCUT2D eigenvalue weighted by atomic mass is 32.2. The van der Waals surface area contributed by atoms with E-state index < -0.39 is 9.84 Å². The molecule has 2 unspecified atom stereocenters. The van der Waals surface area contributed by atoms with E-state index in [2.05, 4.69) is 0 Å². The normalized spacial score (nSPS) is 27.5. The van der Waals surface area contributed by atoms with Crippen LogP contribution in [0, 0.1) is 0 Å². The second-order valence-electron chi connectivity index (χ2n) is 5.03. The molecule has 5 nitrogen and oxygen atoms in total. The summed E-state index contributed by atoms with van der Waals surface area (Å²) in [6.07, 6.45) is 0.581. The first-order chi connectivity index (χ1) is 9.01. The zero-order valence-electron chi connectivity index (χ0n) is 10.6. The van der Waals surface area contributed by atoms with Crippen LogP contribution in [-0.2, 0) is 9.84 Å². The summed E-state index contributed by atoms with van der Waals surface area (Å²) in [5.41, 5.74) is 0.546. The van der Waals surface area contributed by atoms with Gasteiger partial charge in [-0.3, -0.25) is 4.79 Å². The van der Waals surface area contributed by atoms with Gasteiger partial charge in [0.1, 0.15) is 5.75 Å². The van der Waals surface area contributed by atoms with Gasteiger partial charge in [0.05, 0.1) is 18.1 Å². The molecule has 3 rings (SSSR count). The van der Waals surface area contributed by atoms with Crippen LogP contribution in [-0.4, -0.2) is 49.9 Å². The van der Waals surface area contributed by atoms with Crippen molar-refractivity contribution < 1.29 is 17.9 Å². The standard InChI is InChI=1S/C13H15NO4S/c1-18-11-4-2-3-9(5-11)13(15)14-7-12-6-10(14)8-19(12,16)17/h2-5,10,12H,6-8H2,1H3. The lowest BCUT2D eigenvalue weighted by molar-refractivity contribution is 0.0745. The Morgan fingerprint density at radius 2 is 2.21 bits per heavy atom. The van der Waals surface area contributed by atoms with Gasteiger partial charge in [-0.25, -0.2) is 8.42 Å². The number of carbonyl (C=O) groups excluding carboxylic acids is 1. The summed E-state index contributed by atoms with van der Waals surface area (Å²) < 4.78 is 28.4. The van der Waals surface area contributed by atoms with Crippen LogP contribution in [0.5, 0.6) is 5.75 Å². The lowest BCUT2D eigenvalue weighted by Gasteiger charge is -2.27. The minimum absolute atomic E-state index is 0.105. The van der Waals surface area contributed by atoms with Crippen LogP contribution in [0.1, 0.15) is 16.8 Å². The van der Waals surface area contributed by atoms with E-state index >= 15 is 0 Å². The van der Waals surface area contributed by atoms with Gasteiger partial charge in [-0.05, 0) is 24.6 Å². The molecular weight excluding hydrogens is 266 g/mol. The Morgan fingerprint density at radius 3 is 2.79 bits per heavy atom. The molecular formula is C13H15NO4S. The summed E-state index contributed by atoms with van der Waals surface area (Å²) in [7, 11) is -1.42. The Balaban J connectivity index is 1.83. The first kappa shape index (κ1) is 12.5. The van der Waals surface area contributed by atoms with Gasteiger partial charge in [0.15, 0.2) is 9.84 Å². The number of hydrogen-bond acceptors (Lipinski definition) is 4. The monoisotopic (exact) mass is 281 g/mol. The predicted octanol–water partition coefficient (Wildman–Crippen LogP) is 0.707. The van der Waals surface area contributed by atoms with Crippen LogP contribution in [0.2, 0.25) is 0 Å². The molecule has 2 heterocycles. The highest BCUT2D eigenvalue weighted by Gasteiger charge is 2.50. The molecule has 0 aromatic heterocycles. The van der Waals surface area contributed by atoms with Crippen LogP contribution in [0.15, 0.2) is 24.3 Å². The number of nitrogens with zero attached hydrogens (tertiary/aromatic N) is 1. The zero-order chi connectivity index (χ0) is 13.6. The van der Waals surface area contributed by atoms with Crippen molar-refractivity contribution >= 4 is 15.7 Å². The highest BCUT2D eigenvalue weighted by Crippen LogP contribution is 2.34. The highest BCUT2D eigenvalue weighted by molar-refractivity contribution is 7.92. The molecule has 2 fully saturated rings. The molecule has 2 atom stereocenters. The lowest BCUT2D eigenvalue weighted by atomic mass is 10.1. The van der Waals surface area contributed by atoms with Crippen LogP contribution < -0.4 is 4.74 Å². The van der Waals surface area contributed by atoms with Gasteiger partial charge in [-0.2, -0.15) is 0 Å². The summed E-state index contributed by atoms with van der Waals surface area (Å²) in [5.74, 6) is 0.622. The molecule has 0 aliphatic carbocycles. The van der Waals surface area contributed by atoms with Crippen molar-refractivity contribution in [3.05, 3.63) is 29.8 Å². The van der Waals surface area contributed by atoms with Gasteiger partial charge in [-0.15, -0.1) is 0 Å². The average Bonchev–Trinajstić information content (AvgIpc) is 2.93. The van der Waals surface area contributed by atoms with E-state index in [1.165, 1.54) is 0 Å². The molecule has 1 aromatic carbocycles. The van der Waals surface area contributed by atoms with Crippen LogP contribution in [0.3, 0.4) is 0 Å². The molecule has 0 N–H and O–H groups in total. The molecule has 102 valence electrons. The average molecular weight is 281 g/mol. The first-order valence-corrected chi connectivity index (χ1v) is 7.89. The lowest BCUT2D eigenvalue weighted by Crippen LogP contribution is -2.44. The topological polar surface area (TPSA) is 63.7 Å². The van der Waals surface area contributed by atoms with E-state index in [-0.39, 0.29) is 23.0 Å². The van der Waals surface area contributed by atoms with Crippen molar-refractivity contribution in [3.8, 4) is 5.75 Å².